The predicted molar refractivity (Wildman–Crippen MR) is 360 cm³/mol. The van der Waals surface area contributed by atoms with Crippen LogP contribution in [0.4, 0.5) is 0 Å². The first kappa shape index (κ1) is 80.2. The van der Waals surface area contributed by atoms with Gasteiger partial charge in [0.1, 0.15) is 19.3 Å². The van der Waals surface area contributed by atoms with Crippen LogP contribution in [0.2, 0.25) is 0 Å². The van der Waals surface area contributed by atoms with Crippen molar-refractivity contribution in [2.24, 2.45) is 0 Å². The molecule has 0 spiro atoms. The number of likely N-dealkylation sites (N-methyl/N-ethyl adjacent to an activating group) is 1. The van der Waals surface area contributed by atoms with E-state index in [0.29, 0.717) is 23.9 Å². The lowest BCUT2D eigenvalue weighted by molar-refractivity contribution is -0.870. The Bertz CT molecular complexity index is 1700. The number of rotatable bonds is 63. The van der Waals surface area contributed by atoms with Crippen LogP contribution >= 0.6 is 7.82 Å². The summed E-state index contributed by atoms with van der Waals surface area (Å²) in [6.07, 6.45) is 83.2. The molecule has 1 amide bonds. The summed E-state index contributed by atoms with van der Waals surface area (Å²) >= 11 is 0. The van der Waals surface area contributed by atoms with Crippen molar-refractivity contribution in [2.45, 2.75) is 328 Å². The van der Waals surface area contributed by atoms with Crippen LogP contribution in [-0.2, 0) is 27.9 Å². The zero-order valence-electron chi connectivity index (χ0n) is 55.2. The molecule has 0 saturated heterocycles. The van der Waals surface area contributed by atoms with Crippen molar-refractivity contribution in [2.75, 3.05) is 40.9 Å². The van der Waals surface area contributed by atoms with E-state index in [9.17, 15) is 19.0 Å². The normalized spacial score (nSPS) is 14.1. The summed E-state index contributed by atoms with van der Waals surface area (Å²) in [7, 11) is 1.47. The summed E-state index contributed by atoms with van der Waals surface area (Å²) in [4.78, 5) is 37.8. The second-order valence-corrected chi connectivity index (χ2v) is 26.1. The van der Waals surface area contributed by atoms with Crippen molar-refractivity contribution < 1.29 is 37.3 Å². The fourth-order valence-corrected chi connectivity index (χ4v) is 10.7. The van der Waals surface area contributed by atoms with Crippen LogP contribution in [0.3, 0.4) is 0 Å². The third-order valence-corrected chi connectivity index (χ3v) is 16.3. The van der Waals surface area contributed by atoms with Crippen molar-refractivity contribution in [1.82, 2.24) is 5.32 Å². The van der Waals surface area contributed by atoms with Gasteiger partial charge in [0.25, 0.3) is 0 Å². The first-order valence-electron chi connectivity index (χ1n) is 34.9. The Labute approximate surface area is 514 Å². The number of quaternary nitrogens is 1. The van der Waals surface area contributed by atoms with Gasteiger partial charge in [0.05, 0.1) is 33.8 Å². The number of nitrogens with one attached hydrogen (secondary N) is 1. The highest BCUT2D eigenvalue weighted by atomic mass is 31.2. The SMILES string of the molecule is CC/C=C\C/C=C\C/C=C\C/C=C\C/C=C\CCCCCC(=O)NC(COP(=O)(O)OCC[N+](C)(C)C)C(/C=C\CCCCCCCCCCC)OC(=O)CCCCCCCCCCCCCCCCCCC/C=C/CCCCCCCC. The van der Waals surface area contributed by atoms with Crippen molar-refractivity contribution in [3.63, 3.8) is 0 Å². The minimum absolute atomic E-state index is 0.0312. The number of amides is 1. The van der Waals surface area contributed by atoms with Crippen molar-refractivity contribution in [1.29, 1.82) is 0 Å². The molecular formula is C73H134N2O7P+. The summed E-state index contributed by atoms with van der Waals surface area (Å²) in [6.45, 7) is 6.89. The van der Waals surface area contributed by atoms with E-state index in [2.05, 4.69) is 99.0 Å². The van der Waals surface area contributed by atoms with E-state index >= 15 is 0 Å². The number of phosphoric ester groups is 1. The van der Waals surface area contributed by atoms with Crippen LogP contribution in [0.15, 0.2) is 85.1 Å². The Morgan fingerprint density at radius 2 is 0.771 bits per heavy atom. The minimum Gasteiger partial charge on any atom is -0.456 e. The van der Waals surface area contributed by atoms with E-state index in [1.807, 2.05) is 33.3 Å². The molecule has 0 fully saturated rings. The predicted octanol–water partition coefficient (Wildman–Crippen LogP) is 22.1. The fourth-order valence-electron chi connectivity index (χ4n) is 9.96. The zero-order valence-corrected chi connectivity index (χ0v) is 56.1. The number of carbonyl (C=O) groups is 2. The van der Waals surface area contributed by atoms with Gasteiger partial charge in [-0.2, -0.15) is 0 Å². The lowest BCUT2D eigenvalue weighted by Crippen LogP contribution is -2.47. The van der Waals surface area contributed by atoms with E-state index in [0.717, 1.165) is 89.9 Å². The van der Waals surface area contributed by atoms with E-state index in [-0.39, 0.29) is 31.5 Å². The monoisotopic (exact) mass is 1180 g/mol. The lowest BCUT2D eigenvalue weighted by Gasteiger charge is -2.27. The topological polar surface area (TPSA) is 111 Å². The quantitative estimate of drug-likeness (QED) is 0.0205. The van der Waals surface area contributed by atoms with Gasteiger partial charge >= 0.3 is 13.8 Å². The number of hydrogen-bond acceptors (Lipinski definition) is 6. The number of unbranched alkanes of at least 4 members (excludes halogenated alkanes) is 35. The molecule has 0 aromatic carbocycles. The number of esters is 1. The van der Waals surface area contributed by atoms with Gasteiger partial charge in [-0.3, -0.25) is 18.6 Å². The van der Waals surface area contributed by atoms with Crippen molar-refractivity contribution >= 4 is 19.7 Å². The number of hydrogen-bond donors (Lipinski definition) is 2. The summed E-state index contributed by atoms with van der Waals surface area (Å²) < 4.78 is 30.8. The van der Waals surface area contributed by atoms with Gasteiger partial charge in [-0.15, -0.1) is 0 Å². The summed E-state index contributed by atoms with van der Waals surface area (Å²) in [6, 6.07) is -0.869. The molecule has 0 aliphatic rings. The second-order valence-electron chi connectivity index (χ2n) is 24.7. The van der Waals surface area contributed by atoms with Crippen LogP contribution in [0.5, 0.6) is 0 Å². The van der Waals surface area contributed by atoms with Gasteiger partial charge < -0.3 is 19.4 Å². The molecule has 3 unspecified atom stereocenters. The third kappa shape index (κ3) is 63.5. The summed E-state index contributed by atoms with van der Waals surface area (Å²) in [5.41, 5.74) is 0. The molecule has 0 aromatic rings. The average molecular weight is 1180 g/mol. The number of phosphoric acid groups is 1. The summed E-state index contributed by atoms with van der Waals surface area (Å²) in [5, 5.41) is 3.05. The molecular weight excluding hydrogens is 1050 g/mol. The number of nitrogens with zero attached hydrogens (tertiary/aromatic N) is 1. The highest BCUT2D eigenvalue weighted by molar-refractivity contribution is 7.47. The molecule has 0 aromatic heterocycles. The lowest BCUT2D eigenvalue weighted by atomic mass is 10.0. The highest BCUT2D eigenvalue weighted by Gasteiger charge is 2.30. The molecule has 0 rings (SSSR count). The molecule has 9 nitrogen and oxygen atoms in total. The fraction of sp³-hybridized carbons (Fsp3) is 0.781. The number of allylic oxidation sites excluding steroid dienone is 13. The maximum Gasteiger partial charge on any atom is 0.472 e. The molecule has 0 heterocycles. The summed E-state index contributed by atoms with van der Waals surface area (Å²) in [5.74, 6) is -0.537. The van der Waals surface area contributed by atoms with Gasteiger partial charge in [-0.05, 0) is 102 Å². The van der Waals surface area contributed by atoms with Gasteiger partial charge in [0.15, 0.2) is 0 Å². The Kier molecular flexibility index (Phi) is 60.1. The van der Waals surface area contributed by atoms with E-state index in [1.165, 1.54) is 186 Å². The molecule has 83 heavy (non-hydrogen) atoms. The highest BCUT2D eigenvalue weighted by Crippen LogP contribution is 2.43. The first-order valence-corrected chi connectivity index (χ1v) is 36.4. The third-order valence-electron chi connectivity index (χ3n) is 15.3. The molecule has 0 aliphatic carbocycles. The Hall–Kier alpha value is -2.81. The van der Waals surface area contributed by atoms with Crippen molar-refractivity contribution in [3.05, 3.63) is 85.1 Å². The van der Waals surface area contributed by atoms with Crippen LogP contribution in [0, 0.1) is 0 Å². The van der Waals surface area contributed by atoms with Gasteiger partial charge in [0, 0.05) is 12.8 Å². The molecule has 0 bridgehead atoms. The average Bonchev–Trinajstić information content (AvgIpc) is 3.52. The molecule has 0 radical (unpaired) electrons. The van der Waals surface area contributed by atoms with Gasteiger partial charge in [0.2, 0.25) is 5.91 Å². The van der Waals surface area contributed by atoms with Crippen LogP contribution in [0.1, 0.15) is 316 Å². The molecule has 0 saturated carbocycles. The van der Waals surface area contributed by atoms with Crippen molar-refractivity contribution in [3.8, 4) is 0 Å². The molecule has 3 atom stereocenters. The van der Waals surface area contributed by atoms with E-state index in [4.69, 9.17) is 13.8 Å². The molecule has 10 heteroatoms. The van der Waals surface area contributed by atoms with Crippen LogP contribution < -0.4 is 5.32 Å². The smallest absolute Gasteiger partial charge is 0.456 e. The van der Waals surface area contributed by atoms with Gasteiger partial charge in [-0.1, -0.05) is 286 Å². The second kappa shape index (κ2) is 62.2. The molecule has 2 N–H and O–H groups in total. The van der Waals surface area contributed by atoms with Crippen LogP contribution in [0.25, 0.3) is 0 Å². The largest absolute Gasteiger partial charge is 0.472 e. The molecule has 482 valence electrons. The number of ether oxygens (including phenoxy) is 1. The maximum atomic E-state index is 13.6. The maximum absolute atomic E-state index is 13.6. The Balaban J connectivity index is 5.03. The Morgan fingerprint density at radius 3 is 1.18 bits per heavy atom. The van der Waals surface area contributed by atoms with E-state index < -0.39 is 20.0 Å². The Morgan fingerprint density at radius 1 is 0.434 bits per heavy atom. The van der Waals surface area contributed by atoms with E-state index in [1.54, 1.807) is 0 Å². The zero-order chi connectivity index (χ0) is 60.7. The molecule has 0 aliphatic heterocycles. The first-order chi connectivity index (χ1) is 40.4. The minimum atomic E-state index is -4.46. The van der Waals surface area contributed by atoms with Crippen LogP contribution in [-0.4, -0.2) is 74.3 Å². The number of carbonyl (C=O) groups excluding carboxylic acids is 2. The van der Waals surface area contributed by atoms with Gasteiger partial charge in [-0.25, -0.2) is 4.57 Å². The standard InChI is InChI=1S/C73H133N2O7P/c1-7-10-13-16-19-22-25-27-29-31-33-34-35-36-37-38-39-40-42-44-46-48-51-54-57-60-63-66-73(77)82-71(64-61-58-55-52-49-24-21-18-15-12-9-3)70(69-81-83(78,79)80-68-67-75(4,5)6)74-72(76)65-62-59-56-53-50-47-45-43-41-32-30-28-26-23-20-17-14-11-8-2/h11,14,20,23,27-30,41,43,47,50,61,64,70-71H,7-10,12-13,15-19,21-22,24-26,31-40,42,44-46,48-49,51-60,62-63,65-69H2,1-6H3,(H-,74,76,78,79)/p+1/b14-11-,23-20-,29-27+,30-28-,43-41-,50-47-,64-61-.